The molecule has 114 valence electrons. The van der Waals surface area contributed by atoms with Crippen LogP contribution in [0.5, 0.6) is 0 Å². The molecule has 1 rings (SSSR count). The summed E-state index contributed by atoms with van der Waals surface area (Å²) in [7, 11) is -3.02. The Bertz CT molecular complexity index is 367. The Morgan fingerprint density at radius 3 is 2.21 bits per heavy atom. The van der Waals surface area contributed by atoms with Crippen LogP contribution in [0.3, 0.4) is 0 Å². The van der Waals surface area contributed by atoms with Gasteiger partial charge in [0.1, 0.15) is 0 Å². The molecule has 0 radical (unpaired) electrons. The lowest BCUT2D eigenvalue weighted by Gasteiger charge is -2.35. The lowest BCUT2D eigenvalue weighted by atomic mass is 9.75. The van der Waals surface area contributed by atoms with Crippen molar-refractivity contribution in [1.29, 1.82) is 0 Å². The van der Waals surface area contributed by atoms with E-state index in [-0.39, 0.29) is 11.2 Å². The molecule has 0 amide bonds. The number of halogens is 1. The molecule has 0 aromatic carbocycles. The second-order valence-corrected chi connectivity index (χ2v) is 9.93. The highest BCUT2D eigenvalue weighted by Crippen LogP contribution is 2.36. The summed E-state index contributed by atoms with van der Waals surface area (Å²) in [6.07, 6.45) is 6.12. The van der Waals surface area contributed by atoms with E-state index in [4.69, 9.17) is 11.6 Å². The first-order valence-corrected chi connectivity index (χ1v) is 9.40. The zero-order valence-electron chi connectivity index (χ0n) is 12.5. The summed E-state index contributed by atoms with van der Waals surface area (Å²) in [6.45, 7) is 6.63. The van der Waals surface area contributed by atoms with E-state index in [1.165, 1.54) is 19.3 Å². The maximum absolute atomic E-state index is 12.0. The minimum Gasteiger partial charge on any atom is -0.315 e. The number of nitrogens with one attached hydrogen (secondary N) is 1. The van der Waals surface area contributed by atoms with E-state index < -0.39 is 14.6 Å². The molecule has 1 aliphatic rings. The Labute approximate surface area is 123 Å². The third kappa shape index (κ3) is 4.91. The number of rotatable bonds is 6. The van der Waals surface area contributed by atoms with Crippen LogP contribution in [0.15, 0.2) is 0 Å². The van der Waals surface area contributed by atoms with Crippen molar-refractivity contribution < 1.29 is 8.42 Å². The van der Waals surface area contributed by atoms with Crippen LogP contribution in [0, 0.1) is 5.41 Å². The molecule has 0 spiro atoms. The van der Waals surface area contributed by atoms with E-state index in [1.807, 2.05) is 0 Å². The average Bonchev–Trinajstić information content (AvgIpc) is 2.34. The van der Waals surface area contributed by atoms with Crippen molar-refractivity contribution in [3.05, 3.63) is 0 Å². The highest BCUT2D eigenvalue weighted by Gasteiger charge is 2.32. The summed E-state index contributed by atoms with van der Waals surface area (Å²) in [4.78, 5) is 0. The Balaban J connectivity index is 2.38. The van der Waals surface area contributed by atoms with Crippen LogP contribution in [0.4, 0.5) is 0 Å². The van der Waals surface area contributed by atoms with Crippen molar-refractivity contribution in [3.63, 3.8) is 0 Å². The Hall–Kier alpha value is 0.200. The standard InChI is InChI=1S/C14H28ClNO2S/c1-13(2,3)19(17,18)10-9-16-12-14(11-15)7-5-4-6-8-14/h16H,4-12H2,1-3H3. The summed E-state index contributed by atoms with van der Waals surface area (Å²) in [5, 5.41) is 3.31. The second kappa shape index (κ2) is 6.77. The van der Waals surface area contributed by atoms with Gasteiger partial charge in [-0.1, -0.05) is 19.3 Å². The molecule has 0 bridgehead atoms. The SMILES string of the molecule is CC(C)(C)S(=O)(=O)CCNCC1(CCl)CCCCC1. The van der Waals surface area contributed by atoms with Gasteiger partial charge in [-0.15, -0.1) is 11.6 Å². The van der Waals surface area contributed by atoms with Crippen LogP contribution in [0.1, 0.15) is 52.9 Å². The predicted molar refractivity (Wildman–Crippen MR) is 82.6 cm³/mol. The molecule has 0 aromatic heterocycles. The largest absolute Gasteiger partial charge is 0.315 e. The van der Waals surface area contributed by atoms with Crippen LogP contribution in [0.25, 0.3) is 0 Å². The predicted octanol–water partition coefficient (Wildman–Crippen LogP) is 2.98. The van der Waals surface area contributed by atoms with Gasteiger partial charge in [0.15, 0.2) is 9.84 Å². The lowest BCUT2D eigenvalue weighted by molar-refractivity contribution is 0.214. The monoisotopic (exact) mass is 309 g/mol. The molecule has 1 aliphatic carbocycles. The van der Waals surface area contributed by atoms with Gasteiger partial charge in [-0.3, -0.25) is 0 Å². The van der Waals surface area contributed by atoms with E-state index in [1.54, 1.807) is 20.8 Å². The van der Waals surface area contributed by atoms with Gasteiger partial charge in [0.2, 0.25) is 0 Å². The van der Waals surface area contributed by atoms with Crippen molar-refractivity contribution >= 4 is 21.4 Å². The highest BCUT2D eigenvalue weighted by molar-refractivity contribution is 7.92. The Kier molecular flexibility index (Phi) is 6.15. The summed E-state index contributed by atoms with van der Waals surface area (Å²) in [5.74, 6) is 0.876. The van der Waals surface area contributed by atoms with Gasteiger partial charge in [-0.25, -0.2) is 8.42 Å². The third-order valence-corrected chi connectivity index (χ3v) is 7.35. The van der Waals surface area contributed by atoms with Gasteiger partial charge in [0, 0.05) is 19.0 Å². The maximum atomic E-state index is 12.0. The van der Waals surface area contributed by atoms with Gasteiger partial charge < -0.3 is 5.32 Å². The number of sulfone groups is 1. The first kappa shape index (κ1) is 17.3. The van der Waals surface area contributed by atoms with Crippen LogP contribution < -0.4 is 5.32 Å². The van der Waals surface area contributed by atoms with Crippen molar-refractivity contribution in [3.8, 4) is 0 Å². The molecule has 0 unspecified atom stereocenters. The van der Waals surface area contributed by atoms with Crippen LogP contribution in [-0.2, 0) is 9.84 Å². The lowest BCUT2D eigenvalue weighted by Crippen LogP contribution is -2.41. The van der Waals surface area contributed by atoms with E-state index in [2.05, 4.69) is 5.32 Å². The summed E-state index contributed by atoms with van der Waals surface area (Å²) < 4.78 is 23.3. The molecule has 0 atom stereocenters. The Morgan fingerprint density at radius 2 is 1.74 bits per heavy atom. The first-order valence-electron chi connectivity index (χ1n) is 7.21. The second-order valence-electron chi connectivity index (χ2n) is 6.80. The topological polar surface area (TPSA) is 46.2 Å². The fourth-order valence-corrected chi connectivity index (χ4v) is 3.91. The van der Waals surface area contributed by atoms with Crippen LogP contribution >= 0.6 is 11.6 Å². The number of alkyl halides is 1. The summed E-state index contributed by atoms with van der Waals surface area (Å²) >= 11 is 6.12. The van der Waals surface area contributed by atoms with Gasteiger partial charge >= 0.3 is 0 Å². The fraction of sp³-hybridized carbons (Fsp3) is 1.00. The molecular weight excluding hydrogens is 282 g/mol. The number of hydrogen-bond donors (Lipinski definition) is 1. The first-order chi connectivity index (χ1) is 8.72. The van der Waals surface area contributed by atoms with Gasteiger partial charge in [0.05, 0.1) is 10.5 Å². The number of hydrogen-bond acceptors (Lipinski definition) is 3. The van der Waals surface area contributed by atoms with Crippen molar-refractivity contribution in [2.24, 2.45) is 5.41 Å². The van der Waals surface area contributed by atoms with E-state index in [0.717, 1.165) is 19.4 Å². The molecule has 1 saturated carbocycles. The summed E-state index contributed by atoms with van der Waals surface area (Å²) in [5.41, 5.74) is 0.186. The highest BCUT2D eigenvalue weighted by atomic mass is 35.5. The molecule has 1 N–H and O–H groups in total. The maximum Gasteiger partial charge on any atom is 0.156 e. The molecule has 1 fully saturated rings. The van der Waals surface area contributed by atoms with Crippen LogP contribution in [-0.4, -0.2) is 37.9 Å². The van der Waals surface area contributed by atoms with Crippen molar-refractivity contribution in [1.82, 2.24) is 5.32 Å². The minimum absolute atomic E-state index is 0.186. The minimum atomic E-state index is -3.02. The van der Waals surface area contributed by atoms with Gasteiger partial charge in [-0.2, -0.15) is 0 Å². The molecular formula is C14H28ClNO2S. The van der Waals surface area contributed by atoms with E-state index in [0.29, 0.717) is 12.4 Å². The van der Waals surface area contributed by atoms with E-state index >= 15 is 0 Å². The summed E-state index contributed by atoms with van der Waals surface area (Å²) in [6, 6.07) is 0. The molecule has 0 aromatic rings. The zero-order valence-corrected chi connectivity index (χ0v) is 14.0. The molecule has 19 heavy (non-hydrogen) atoms. The smallest absolute Gasteiger partial charge is 0.156 e. The average molecular weight is 310 g/mol. The van der Waals surface area contributed by atoms with E-state index in [9.17, 15) is 8.42 Å². The van der Waals surface area contributed by atoms with Crippen molar-refractivity contribution in [2.75, 3.05) is 24.7 Å². The third-order valence-electron chi connectivity index (χ3n) is 4.18. The van der Waals surface area contributed by atoms with Crippen molar-refractivity contribution in [2.45, 2.75) is 57.6 Å². The molecule has 0 heterocycles. The Morgan fingerprint density at radius 1 is 1.16 bits per heavy atom. The quantitative estimate of drug-likeness (QED) is 0.606. The van der Waals surface area contributed by atoms with Gasteiger partial charge in [0.25, 0.3) is 0 Å². The zero-order chi connectivity index (χ0) is 14.6. The molecule has 0 aliphatic heterocycles. The molecule has 0 saturated heterocycles. The normalized spacial score (nSPS) is 20.4. The molecule has 3 nitrogen and oxygen atoms in total. The van der Waals surface area contributed by atoms with Gasteiger partial charge in [-0.05, 0) is 39.0 Å². The fourth-order valence-electron chi connectivity index (χ4n) is 2.53. The van der Waals surface area contributed by atoms with Crippen LogP contribution in [0.2, 0.25) is 0 Å². The molecule has 5 heteroatoms.